The third kappa shape index (κ3) is 3.82. The molecule has 5 heteroatoms. The first-order chi connectivity index (χ1) is 9.06. The molecular formula is C14H16Br3NO. The van der Waals surface area contributed by atoms with Gasteiger partial charge in [0.1, 0.15) is 0 Å². The van der Waals surface area contributed by atoms with Crippen LogP contribution < -0.4 is 5.32 Å². The zero-order valence-electron chi connectivity index (χ0n) is 10.5. The Labute approximate surface area is 139 Å². The van der Waals surface area contributed by atoms with Crippen molar-refractivity contribution < 1.29 is 4.79 Å². The smallest absolute Gasteiger partial charge is 0.252 e. The minimum atomic E-state index is -0.0815. The highest BCUT2D eigenvalue weighted by molar-refractivity contribution is 9.11. The number of benzene rings is 1. The molecule has 1 N–H and O–H groups in total. The monoisotopic (exact) mass is 451 g/mol. The van der Waals surface area contributed by atoms with E-state index < -0.39 is 0 Å². The van der Waals surface area contributed by atoms with E-state index in [1.165, 1.54) is 19.3 Å². The van der Waals surface area contributed by atoms with Crippen molar-refractivity contribution in [2.75, 3.05) is 5.33 Å². The summed E-state index contributed by atoms with van der Waals surface area (Å²) < 4.78 is 1.78. The van der Waals surface area contributed by atoms with Gasteiger partial charge in [-0.2, -0.15) is 0 Å². The summed E-state index contributed by atoms with van der Waals surface area (Å²) in [7, 11) is 0. The van der Waals surface area contributed by atoms with Crippen molar-refractivity contribution in [3.63, 3.8) is 0 Å². The number of hydrogen-bond acceptors (Lipinski definition) is 1. The quantitative estimate of drug-likeness (QED) is 0.638. The molecule has 0 spiro atoms. The molecule has 0 unspecified atom stereocenters. The molecule has 19 heavy (non-hydrogen) atoms. The van der Waals surface area contributed by atoms with E-state index in [0.717, 1.165) is 27.1 Å². The molecule has 1 aromatic rings. The summed E-state index contributed by atoms with van der Waals surface area (Å²) in [5, 5.41) is 4.05. The molecule has 0 aliphatic heterocycles. The van der Waals surface area contributed by atoms with Gasteiger partial charge in [0.05, 0.1) is 11.1 Å². The van der Waals surface area contributed by atoms with Crippen LogP contribution in [0.4, 0.5) is 0 Å². The van der Waals surface area contributed by atoms with E-state index in [1.807, 2.05) is 18.2 Å². The van der Waals surface area contributed by atoms with Crippen LogP contribution in [0.3, 0.4) is 0 Å². The van der Waals surface area contributed by atoms with Crippen LogP contribution in [0.5, 0.6) is 0 Å². The van der Waals surface area contributed by atoms with Crippen molar-refractivity contribution in [3.8, 4) is 0 Å². The average molecular weight is 454 g/mol. The van der Waals surface area contributed by atoms with E-state index in [4.69, 9.17) is 0 Å². The predicted octanol–water partition coefficient (Wildman–Crippen LogP) is 5.04. The molecule has 1 saturated carbocycles. The van der Waals surface area contributed by atoms with Crippen LogP contribution in [0.25, 0.3) is 0 Å². The van der Waals surface area contributed by atoms with Crippen LogP contribution in [0.1, 0.15) is 42.5 Å². The Bertz CT molecular complexity index is 470. The molecule has 2 rings (SSSR count). The normalized spacial score (nSPS) is 18.1. The summed E-state index contributed by atoms with van der Waals surface area (Å²) in [6.07, 6.45) is 5.75. The molecular weight excluding hydrogens is 438 g/mol. The second kappa shape index (κ2) is 6.72. The van der Waals surface area contributed by atoms with Crippen LogP contribution in [-0.2, 0) is 0 Å². The summed E-state index contributed by atoms with van der Waals surface area (Å²) in [6, 6.07) is 5.63. The second-order valence-electron chi connectivity index (χ2n) is 5.05. The fourth-order valence-electron chi connectivity index (χ4n) is 2.50. The first-order valence-electron chi connectivity index (χ1n) is 6.40. The van der Waals surface area contributed by atoms with E-state index in [0.29, 0.717) is 5.56 Å². The first-order valence-corrected chi connectivity index (χ1v) is 9.11. The van der Waals surface area contributed by atoms with Gasteiger partial charge >= 0.3 is 0 Å². The SMILES string of the molecule is O=C(NC1(CBr)CCCCC1)c1ccc(Br)cc1Br. The van der Waals surface area contributed by atoms with Crippen LogP contribution in [-0.4, -0.2) is 16.8 Å². The number of carbonyl (C=O) groups excluding carboxylic acids is 1. The van der Waals surface area contributed by atoms with Gasteiger partial charge in [0.2, 0.25) is 0 Å². The van der Waals surface area contributed by atoms with Gasteiger partial charge in [-0.05, 0) is 47.0 Å². The lowest BCUT2D eigenvalue weighted by Gasteiger charge is -2.36. The highest BCUT2D eigenvalue weighted by atomic mass is 79.9. The Kier molecular flexibility index (Phi) is 5.49. The summed E-state index contributed by atoms with van der Waals surface area (Å²) in [4.78, 5) is 12.4. The van der Waals surface area contributed by atoms with Crippen LogP contribution in [0.15, 0.2) is 27.1 Å². The molecule has 1 aromatic carbocycles. The average Bonchev–Trinajstić information content (AvgIpc) is 2.39. The van der Waals surface area contributed by atoms with Gasteiger partial charge in [-0.25, -0.2) is 0 Å². The fraction of sp³-hybridized carbons (Fsp3) is 0.500. The summed E-state index contributed by atoms with van der Waals surface area (Å²) in [5.41, 5.74) is 0.607. The molecule has 0 saturated heterocycles. The Balaban J connectivity index is 2.15. The minimum Gasteiger partial charge on any atom is -0.346 e. The number of rotatable bonds is 3. The van der Waals surface area contributed by atoms with Crippen LogP contribution in [0, 0.1) is 0 Å². The molecule has 0 bridgehead atoms. The number of amides is 1. The minimum absolute atomic E-state index is 0.000671. The molecule has 0 heterocycles. The van der Waals surface area contributed by atoms with Crippen LogP contribution in [0.2, 0.25) is 0 Å². The van der Waals surface area contributed by atoms with Crippen LogP contribution >= 0.6 is 47.8 Å². The Morgan fingerprint density at radius 2 is 1.89 bits per heavy atom. The molecule has 0 atom stereocenters. The summed E-state index contributed by atoms with van der Waals surface area (Å²) in [5.74, 6) is 0.000671. The van der Waals surface area contributed by atoms with Crippen molar-refractivity contribution in [1.82, 2.24) is 5.32 Å². The van der Waals surface area contributed by atoms with Crippen molar-refractivity contribution >= 4 is 53.7 Å². The molecule has 1 amide bonds. The highest BCUT2D eigenvalue weighted by Crippen LogP contribution is 2.31. The fourth-order valence-corrected chi connectivity index (χ4v) is 4.43. The number of carbonyl (C=O) groups is 1. The Hall–Kier alpha value is 0.130. The highest BCUT2D eigenvalue weighted by Gasteiger charge is 2.33. The van der Waals surface area contributed by atoms with E-state index in [1.54, 1.807) is 0 Å². The Morgan fingerprint density at radius 3 is 2.47 bits per heavy atom. The van der Waals surface area contributed by atoms with E-state index in [9.17, 15) is 4.79 Å². The second-order valence-corrected chi connectivity index (χ2v) is 7.38. The maximum Gasteiger partial charge on any atom is 0.252 e. The van der Waals surface area contributed by atoms with Crippen molar-refractivity contribution in [2.45, 2.75) is 37.6 Å². The van der Waals surface area contributed by atoms with Gasteiger partial charge in [0, 0.05) is 14.3 Å². The molecule has 104 valence electrons. The molecule has 0 radical (unpaired) electrons. The lowest BCUT2D eigenvalue weighted by molar-refractivity contribution is 0.0885. The van der Waals surface area contributed by atoms with Crippen molar-refractivity contribution in [1.29, 1.82) is 0 Å². The number of halogens is 3. The standard InChI is InChI=1S/C14H16Br3NO/c15-9-14(6-2-1-3-7-14)18-13(19)11-5-4-10(16)8-12(11)17/h4-5,8H,1-3,6-7,9H2,(H,18,19). The third-order valence-electron chi connectivity index (χ3n) is 3.62. The number of alkyl halides is 1. The predicted molar refractivity (Wildman–Crippen MR) is 88.9 cm³/mol. The summed E-state index contributed by atoms with van der Waals surface area (Å²) >= 11 is 10.4. The maximum atomic E-state index is 12.4. The lowest BCUT2D eigenvalue weighted by atomic mass is 9.83. The van der Waals surface area contributed by atoms with Crippen molar-refractivity contribution in [2.24, 2.45) is 0 Å². The van der Waals surface area contributed by atoms with Gasteiger partial charge in [0.15, 0.2) is 0 Å². The van der Waals surface area contributed by atoms with E-state index in [-0.39, 0.29) is 11.4 Å². The maximum absolute atomic E-state index is 12.4. The molecule has 1 aliphatic carbocycles. The number of nitrogens with one attached hydrogen (secondary N) is 1. The van der Waals surface area contributed by atoms with Gasteiger partial charge < -0.3 is 5.32 Å². The first kappa shape index (κ1) is 15.5. The molecule has 1 aliphatic rings. The zero-order valence-corrected chi connectivity index (χ0v) is 15.3. The largest absolute Gasteiger partial charge is 0.346 e. The molecule has 0 aromatic heterocycles. The zero-order chi connectivity index (χ0) is 13.9. The summed E-state index contributed by atoms with van der Waals surface area (Å²) in [6.45, 7) is 0. The van der Waals surface area contributed by atoms with E-state index in [2.05, 4.69) is 53.1 Å². The van der Waals surface area contributed by atoms with Gasteiger partial charge in [-0.1, -0.05) is 51.1 Å². The van der Waals surface area contributed by atoms with Gasteiger partial charge in [0.25, 0.3) is 5.91 Å². The lowest BCUT2D eigenvalue weighted by Crippen LogP contribution is -2.51. The molecule has 1 fully saturated rings. The third-order valence-corrected chi connectivity index (χ3v) is 5.84. The van der Waals surface area contributed by atoms with Gasteiger partial charge in [-0.15, -0.1) is 0 Å². The Morgan fingerprint density at radius 1 is 1.21 bits per heavy atom. The van der Waals surface area contributed by atoms with E-state index >= 15 is 0 Å². The number of hydrogen-bond donors (Lipinski definition) is 1. The topological polar surface area (TPSA) is 29.1 Å². The van der Waals surface area contributed by atoms with Gasteiger partial charge in [-0.3, -0.25) is 4.79 Å². The molecule has 2 nitrogen and oxygen atoms in total. The van der Waals surface area contributed by atoms with Crippen molar-refractivity contribution in [3.05, 3.63) is 32.7 Å².